The SMILES string of the molecule is CCOc1nc(N)nc(N(C)c2ccc(C#N)cc2)n1. The Morgan fingerprint density at radius 1 is 1.25 bits per heavy atom. The average Bonchev–Trinajstić information content (AvgIpc) is 2.46. The molecule has 0 amide bonds. The zero-order valence-corrected chi connectivity index (χ0v) is 11.2. The Morgan fingerprint density at radius 2 is 1.95 bits per heavy atom. The third-order valence-corrected chi connectivity index (χ3v) is 2.58. The molecular formula is C13H14N6O. The normalized spacial score (nSPS) is 9.85. The van der Waals surface area contributed by atoms with Crippen molar-refractivity contribution in [2.45, 2.75) is 6.92 Å². The van der Waals surface area contributed by atoms with E-state index in [4.69, 9.17) is 15.7 Å². The van der Waals surface area contributed by atoms with Gasteiger partial charge in [0.15, 0.2) is 0 Å². The molecule has 0 saturated heterocycles. The quantitative estimate of drug-likeness (QED) is 0.898. The van der Waals surface area contributed by atoms with Gasteiger partial charge in [0.25, 0.3) is 0 Å². The number of anilines is 3. The molecule has 0 spiro atoms. The van der Waals surface area contributed by atoms with Crippen LogP contribution in [-0.2, 0) is 0 Å². The number of ether oxygens (including phenoxy) is 1. The Labute approximate surface area is 116 Å². The van der Waals surface area contributed by atoms with Gasteiger partial charge in [-0.3, -0.25) is 0 Å². The molecule has 2 rings (SSSR count). The smallest absolute Gasteiger partial charge is 0.323 e. The summed E-state index contributed by atoms with van der Waals surface area (Å²) in [5.74, 6) is 0.476. The molecule has 0 bridgehead atoms. The van der Waals surface area contributed by atoms with Gasteiger partial charge in [0.1, 0.15) is 0 Å². The van der Waals surface area contributed by atoms with Crippen molar-refractivity contribution in [2.24, 2.45) is 0 Å². The zero-order chi connectivity index (χ0) is 14.5. The minimum Gasteiger partial charge on any atom is -0.464 e. The molecule has 0 saturated carbocycles. The molecule has 1 aromatic carbocycles. The van der Waals surface area contributed by atoms with Gasteiger partial charge in [-0.25, -0.2) is 0 Å². The van der Waals surface area contributed by atoms with Crippen molar-refractivity contribution in [3.05, 3.63) is 29.8 Å². The van der Waals surface area contributed by atoms with Crippen molar-refractivity contribution in [2.75, 3.05) is 24.3 Å². The van der Waals surface area contributed by atoms with Gasteiger partial charge in [0, 0.05) is 12.7 Å². The van der Waals surface area contributed by atoms with E-state index in [1.54, 1.807) is 36.2 Å². The first-order chi connectivity index (χ1) is 9.63. The van der Waals surface area contributed by atoms with Crippen molar-refractivity contribution in [1.29, 1.82) is 5.26 Å². The molecule has 0 radical (unpaired) electrons. The zero-order valence-electron chi connectivity index (χ0n) is 11.2. The molecule has 0 fully saturated rings. The Kier molecular flexibility index (Phi) is 3.96. The summed E-state index contributed by atoms with van der Waals surface area (Å²) in [4.78, 5) is 13.9. The third-order valence-electron chi connectivity index (χ3n) is 2.58. The summed E-state index contributed by atoms with van der Waals surface area (Å²) < 4.78 is 5.24. The summed E-state index contributed by atoms with van der Waals surface area (Å²) in [6, 6.07) is 9.31. The van der Waals surface area contributed by atoms with Gasteiger partial charge in [0.2, 0.25) is 11.9 Å². The van der Waals surface area contributed by atoms with Gasteiger partial charge < -0.3 is 15.4 Å². The van der Waals surface area contributed by atoms with E-state index in [0.29, 0.717) is 18.1 Å². The molecular weight excluding hydrogens is 256 g/mol. The van der Waals surface area contributed by atoms with Crippen LogP contribution in [0.2, 0.25) is 0 Å². The first-order valence-electron chi connectivity index (χ1n) is 6.02. The molecule has 1 heterocycles. The van der Waals surface area contributed by atoms with Crippen LogP contribution in [0.3, 0.4) is 0 Å². The number of rotatable bonds is 4. The Bertz CT molecular complexity index is 634. The second kappa shape index (κ2) is 5.84. The lowest BCUT2D eigenvalue weighted by atomic mass is 10.2. The lowest BCUT2D eigenvalue weighted by molar-refractivity contribution is 0.312. The van der Waals surface area contributed by atoms with Gasteiger partial charge in [-0.2, -0.15) is 20.2 Å². The summed E-state index contributed by atoms with van der Waals surface area (Å²) in [5, 5.41) is 8.79. The van der Waals surface area contributed by atoms with Crippen molar-refractivity contribution in [1.82, 2.24) is 15.0 Å². The predicted octanol–water partition coefficient (Wildman–Crippen LogP) is 1.49. The predicted molar refractivity (Wildman–Crippen MR) is 74.6 cm³/mol. The molecule has 0 aliphatic rings. The molecule has 1 aromatic heterocycles. The molecule has 102 valence electrons. The number of benzene rings is 1. The molecule has 7 heteroatoms. The number of aromatic nitrogens is 3. The van der Waals surface area contributed by atoms with E-state index in [1.807, 2.05) is 6.92 Å². The monoisotopic (exact) mass is 270 g/mol. The van der Waals surface area contributed by atoms with E-state index in [9.17, 15) is 0 Å². The fraction of sp³-hybridized carbons (Fsp3) is 0.231. The van der Waals surface area contributed by atoms with E-state index >= 15 is 0 Å². The van der Waals surface area contributed by atoms with Gasteiger partial charge in [-0.1, -0.05) is 0 Å². The summed E-state index contributed by atoms with van der Waals surface area (Å²) in [7, 11) is 1.80. The average molecular weight is 270 g/mol. The Morgan fingerprint density at radius 3 is 2.55 bits per heavy atom. The first kappa shape index (κ1) is 13.5. The van der Waals surface area contributed by atoms with Gasteiger partial charge in [-0.05, 0) is 31.2 Å². The van der Waals surface area contributed by atoms with Crippen LogP contribution in [0.15, 0.2) is 24.3 Å². The highest BCUT2D eigenvalue weighted by Gasteiger charge is 2.11. The maximum Gasteiger partial charge on any atom is 0.323 e. The summed E-state index contributed by atoms with van der Waals surface area (Å²) in [6.45, 7) is 2.29. The lowest BCUT2D eigenvalue weighted by Gasteiger charge is -2.17. The minimum absolute atomic E-state index is 0.0962. The number of nitrogens with zero attached hydrogens (tertiary/aromatic N) is 5. The first-order valence-corrected chi connectivity index (χ1v) is 6.02. The van der Waals surface area contributed by atoms with E-state index in [1.165, 1.54) is 0 Å². The highest BCUT2D eigenvalue weighted by Crippen LogP contribution is 2.22. The summed E-state index contributed by atoms with van der Waals surface area (Å²) in [6.07, 6.45) is 0. The lowest BCUT2D eigenvalue weighted by Crippen LogP contribution is -2.15. The van der Waals surface area contributed by atoms with Crippen LogP contribution >= 0.6 is 0 Å². The molecule has 7 nitrogen and oxygen atoms in total. The molecule has 0 atom stereocenters. The second-order valence-electron chi connectivity index (χ2n) is 3.93. The van der Waals surface area contributed by atoms with Crippen LogP contribution in [0.4, 0.5) is 17.6 Å². The molecule has 2 N–H and O–H groups in total. The van der Waals surface area contributed by atoms with E-state index < -0.39 is 0 Å². The van der Waals surface area contributed by atoms with Crippen LogP contribution < -0.4 is 15.4 Å². The molecule has 0 aliphatic carbocycles. The van der Waals surface area contributed by atoms with Gasteiger partial charge in [0.05, 0.1) is 18.2 Å². The molecule has 20 heavy (non-hydrogen) atoms. The van der Waals surface area contributed by atoms with Crippen molar-refractivity contribution in [3.63, 3.8) is 0 Å². The van der Waals surface area contributed by atoms with Crippen LogP contribution in [0.25, 0.3) is 0 Å². The molecule has 2 aromatic rings. The number of nitrogen functional groups attached to an aromatic ring is 1. The van der Waals surface area contributed by atoms with Crippen LogP contribution in [0, 0.1) is 11.3 Å². The fourth-order valence-corrected chi connectivity index (χ4v) is 1.58. The Balaban J connectivity index is 2.31. The van der Waals surface area contributed by atoms with Crippen molar-refractivity contribution < 1.29 is 4.74 Å². The number of hydrogen-bond donors (Lipinski definition) is 1. The highest BCUT2D eigenvalue weighted by atomic mass is 16.5. The minimum atomic E-state index is 0.0962. The number of nitriles is 1. The van der Waals surface area contributed by atoms with Crippen molar-refractivity contribution in [3.8, 4) is 12.1 Å². The number of nitrogens with two attached hydrogens (primary N) is 1. The maximum absolute atomic E-state index is 8.79. The fourth-order valence-electron chi connectivity index (χ4n) is 1.58. The highest BCUT2D eigenvalue weighted by molar-refractivity contribution is 5.58. The summed E-state index contributed by atoms with van der Waals surface area (Å²) >= 11 is 0. The largest absolute Gasteiger partial charge is 0.464 e. The van der Waals surface area contributed by atoms with E-state index in [0.717, 1.165) is 5.69 Å². The van der Waals surface area contributed by atoms with Crippen LogP contribution in [-0.4, -0.2) is 28.6 Å². The summed E-state index contributed by atoms with van der Waals surface area (Å²) in [5.41, 5.74) is 7.06. The van der Waals surface area contributed by atoms with Crippen LogP contribution in [0.1, 0.15) is 12.5 Å². The molecule has 0 unspecified atom stereocenters. The van der Waals surface area contributed by atoms with Gasteiger partial charge in [-0.15, -0.1) is 0 Å². The molecule has 0 aliphatic heterocycles. The third kappa shape index (κ3) is 2.92. The second-order valence-corrected chi connectivity index (χ2v) is 3.93. The standard InChI is InChI=1S/C13H14N6O/c1-3-20-13-17-11(15)16-12(18-13)19(2)10-6-4-9(8-14)5-7-10/h4-7H,3H2,1-2H3,(H2,15,16,17,18). The van der Waals surface area contributed by atoms with Crippen molar-refractivity contribution >= 4 is 17.6 Å². The van der Waals surface area contributed by atoms with E-state index in [-0.39, 0.29) is 12.0 Å². The maximum atomic E-state index is 8.79. The van der Waals surface area contributed by atoms with Crippen LogP contribution in [0.5, 0.6) is 6.01 Å². The topological polar surface area (TPSA) is 101 Å². The Hall–Kier alpha value is -2.88. The van der Waals surface area contributed by atoms with E-state index in [2.05, 4.69) is 21.0 Å². The van der Waals surface area contributed by atoms with Gasteiger partial charge >= 0.3 is 6.01 Å². The number of hydrogen-bond acceptors (Lipinski definition) is 7.